The average Bonchev–Trinajstić information content (AvgIpc) is 3.17. The zero-order valence-corrected chi connectivity index (χ0v) is 18.1. The number of urea groups is 1. The van der Waals surface area contributed by atoms with Gasteiger partial charge in [-0.1, -0.05) is 29.0 Å². The van der Waals surface area contributed by atoms with Gasteiger partial charge in [-0.05, 0) is 31.2 Å². The molecule has 11 nitrogen and oxygen atoms in total. The number of nitrogens with one attached hydrogen (secondary N) is 2. The van der Waals surface area contributed by atoms with E-state index in [4.69, 9.17) is 0 Å². The zero-order valence-electron chi connectivity index (χ0n) is 15.7. The van der Waals surface area contributed by atoms with Crippen LogP contribution in [0.15, 0.2) is 68.7 Å². The van der Waals surface area contributed by atoms with Crippen LogP contribution in [0.3, 0.4) is 0 Å². The number of aryl methyl sites for hydroxylation is 1. The van der Waals surface area contributed by atoms with Gasteiger partial charge in [0.05, 0.1) is 20.9 Å². The van der Waals surface area contributed by atoms with Crippen LogP contribution < -0.4 is 10.0 Å². The predicted molar refractivity (Wildman–Crippen MR) is 111 cm³/mol. The summed E-state index contributed by atoms with van der Waals surface area (Å²) in [6.45, 7) is 1.78. The number of anilines is 1. The maximum Gasteiger partial charge on any atom is 0.334 e. The maximum absolute atomic E-state index is 12.6. The molecule has 0 unspecified atom stereocenters. The van der Waals surface area contributed by atoms with E-state index in [1.807, 2.05) is 4.72 Å². The summed E-state index contributed by atoms with van der Waals surface area (Å²) in [5, 5.41) is 12.7. The molecule has 2 amide bonds. The van der Waals surface area contributed by atoms with Gasteiger partial charge in [0.15, 0.2) is 5.13 Å². The van der Waals surface area contributed by atoms with E-state index in [9.17, 15) is 31.7 Å². The first-order valence-electron chi connectivity index (χ1n) is 8.35. The summed E-state index contributed by atoms with van der Waals surface area (Å²) >= 11 is 0.598. The molecule has 0 radical (unpaired) electrons. The molecule has 2 N–H and O–H groups in total. The molecule has 162 valence electrons. The molecule has 3 aromatic rings. The van der Waals surface area contributed by atoms with Crippen LogP contribution >= 0.6 is 11.3 Å². The van der Waals surface area contributed by atoms with Crippen molar-refractivity contribution in [1.82, 2.24) is 9.71 Å². The minimum absolute atomic E-state index is 0.117. The number of sulfone groups is 1. The second-order valence-electron chi connectivity index (χ2n) is 6.11. The van der Waals surface area contributed by atoms with Crippen LogP contribution in [0.5, 0.6) is 0 Å². The van der Waals surface area contributed by atoms with Crippen LogP contribution in [0, 0.1) is 17.0 Å². The largest absolute Gasteiger partial charge is 0.334 e. The Morgan fingerprint density at radius 1 is 1.00 bits per heavy atom. The zero-order chi connectivity index (χ0) is 22.8. The van der Waals surface area contributed by atoms with Crippen molar-refractivity contribution in [3.8, 4) is 0 Å². The SMILES string of the molecule is Cc1ccc(S(=O)(=O)NC(=O)Nc2ncc(S(=O)(=O)c3ccc([N+](=O)[O-])cc3)s2)cc1. The van der Waals surface area contributed by atoms with Crippen LogP contribution in [0.1, 0.15) is 5.56 Å². The number of nitro benzene ring substituents is 1. The van der Waals surface area contributed by atoms with Crippen molar-refractivity contribution in [2.24, 2.45) is 0 Å². The lowest BCUT2D eigenvalue weighted by Gasteiger charge is -2.07. The van der Waals surface area contributed by atoms with E-state index in [1.165, 1.54) is 12.1 Å². The number of amides is 2. The second kappa shape index (κ2) is 8.41. The minimum atomic E-state index is -4.13. The van der Waals surface area contributed by atoms with Gasteiger partial charge >= 0.3 is 6.03 Å². The molecule has 0 spiro atoms. The minimum Gasteiger partial charge on any atom is -0.283 e. The Morgan fingerprint density at radius 2 is 1.58 bits per heavy atom. The number of sulfonamides is 1. The quantitative estimate of drug-likeness (QED) is 0.400. The molecular formula is C17H14N4O7S3. The number of aromatic nitrogens is 1. The standard InChI is InChI=1S/C17H14N4O7S3/c1-11-2-6-14(7-3-11)31(27,28)20-16(22)19-17-18-10-15(29-17)30(25,26)13-8-4-12(5-9-13)21(23)24/h2-10H,1H3,(H2,18,19,20,22). The van der Waals surface area contributed by atoms with E-state index in [0.717, 1.165) is 36.0 Å². The van der Waals surface area contributed by atoms with Crippen LogP contribution in [0.4, 0.5) is 15.6 Å². The molecule has 3 rings (SSSR count). The number of benzene rings is 2. The number of rotatable bonds is 6. The van der Waals surface area contributed by atoms with Gasteiger partial charge in [-0.2, -0.15) is 0 Å². The van der Waals surface area contributed by atoms with E-state index in [-0.39, 0.29) is 24.8 Å². The fourth-order valence-electron chi connectivity index (χ4n) is 2.33. The van der Waals surface area contributed by atoms with Crippen LogP contribution in [-0.4, -0.2) is 32.8 Å². The van der Waals surface area contributed by atoms with Gasteiger partial charge in [0.25, 0.3) is 15.7 Å². The van der Waals surface area contributed by atoms with Gasteiger partial charge in [0.2, 0.25) is 9.84 Å². The van der Waals surface area contributed by atoms with Crippen molar-refractivity contribution in [3.63, 3.8) is 0 Å². The molecule has 0 fully saturated rings. The van der Waals surface area contributed by atoms with Gasteiger partial charge in [-0.25, -0.2) is 31.3 Å². The van der Waals surface area contributed by atoms with Crippen molar-refractivity contribution in [2.45, 2.75) is 20.9 Å². The van der Waals surface area contributed by atoms with Crippen molar-refractivity contribution >= 4 is 48.0 Å². The molecule has 0 aliphatic rings. The summed E-state index contributed by atoms with van der Waals surface area (Å²) in [5.74, 6) is 0. The Hall–Kier alpha value is -3.36. The molecule has 0 atom stereocenters. The lowest BCUT2D eigenvalue weighted by molar-refractivity contribution is -0.384. The van der Waals surface area contributed by atoms with Gasteiger partial charge in [0.1, 0.15) is 4.21 Å². The Labute approximate surface area is 180 Å². The number of carbonyl (C=O) groups is 1. The van der Waals surface area contributed by atoms with Crippen molar-refractivity contribution < 1.29 is 26.6 Å². The van der Waals surface area contributed by atoms with Crippen LogP contribution in [0.25, 0.3) is 0 Å². The summed E-state index contributed by atoms with van der Waals surface area (Å²) in [4.78, 5) is 25.6. The molecule has 0 bridgehead atoms. The highest BCUT2D eigenvalue weighted by atomic mass is 32.2. The van der Waals surface area contributed by atoms with E-state index in [0.29, 0.717) is 11.3 Å². The van der Waals surface area contributed by atoms with Gasteiger partial charge in [-0.3, -0.25) is 15.4 Å². The number of nitro groups is 1. The third-order valence-corrected chi connectivity index (χ3v) is 8.38. The van der Waals surface area contributed by atoms with Crippen molar-refractivity contribution in [3.05, 3.63) is 70.4 Å². The van der Waals surface area contributed by atoms with E-state index >= 15 is 0 Å². The van der Waals surface area contributed by atoms with E-state index in [2.05, 4.69) is 10.3 Å². The summed E-state index contributed by atoms with van der Waals surface area (Å²) < 4.78 is 51.3. The third kappa shape index (κ3) is 5.04. The van der Waals surface area contributed by atoms with Crippen LogP contribution in [-0.2, 0) is 19.9 Å². The van der Waals surface area contributed by atoms with Crippen molar-refractivity contribution in [1.29, 1.82) is 0 Å². The number of hydrogen-bond donors (Lipinski definition) is 2. The van der Waals surface area contributed by atoms with Crippen LogP contribution in [0.2, 0.25) is 0 Å². The number of hydrogen-bond acceptors (Lipinski definition) is 9. The lowest BCUT2D eigenvalue weighted by Crippen LogP contribution is -2.34. The smallest absolute Gasteiger partial charge is 0.283 e. The number of thiazole rings is 1. The topological polar surface area (TPSA) is 165 Å². The monoisotopic (exact) mass is 482 g/mol. The Kier molecular flexibility index (Phi) is 6.06. The van der Waals surface area contributed by atoms with Gasteiger partial charge < -0.3 is 0 Å². The lowest BCUT2D eigenvalue weighted by atomic mass is 10.2. The fraction of sp³-hybridized carbons (Fsp3) is 0.0588. The Balaban J connectivity index is 1.73. The summed E-state index contributed by atoms with van der Waals surface area (Å²) in [6.07, 6.45) is 0.992. The Bertz CT molecular complexity index is 1350. The molecule has 0 aliphatic heterocycles. The Morgan fingerprint density at radius 3 is 2.16 bits per heavy atom. The molecule has 0 saturated carbocycles. The first-order chi connectivity index (χ1) is 14.5. The third-order valence-electron chi connectivity index (χ3n) is 3.89. The summed E-state index contributed by atoms with van der Waals surface area (Å²) in [5.41, 5.74) is 0.574. The molecule has 14 heteroatoms. The summed E-state index contributed by atoms with van der Waals surface area (Å²) in [7, 11) is -8.17. The summed E-state index contributed by atoms with van der Waals surface area (Å²) in [6, 6.07) is 8.97. The first kappa shape index (κ1) is 22.3. The first-order valence-corrected chi connectivity index (χ1v) is 12.1. The van der Waals surface area contributed by atoms with Gasteiger partial charge in [0, 0.05) is 12.1 Å². The maximum atomic E-state index is 12.6. The normalized spacial score (nSPS) is 11.6. The van der Waals surface area contributed by atoms with Crippen molar-refractivity contribution in [2.75, 3.05) is 5.32 Å². The van der Waals surface area contributed by atoms with E-state index in [1.54, 1.807) is 19.1 Å². The van der Waals surface area contributed by atoms with Gasteiger partial charge in [-0.15, -0.1) is 0 Å². The molecule has 0 aliphatic carbocycles. The number of nitrogens with zero attached hydrogens (tertiary/aromatic N) is 2. The highest BCUT2D eigenvalue weighted by Crippen LogP contribution is 2.29. The predicted octanol–water partition coefficient (Wildman–Crippen LogP) is 2.70. The van der Waals surface area contributed by atoms with E-state index < -0.39 is 30.8 Å². The molecule has 0 saturated heterocycles. The number of carbonyl (C=O) groups excluding carboxylic acids is 1. The second-order valence-corrected chi connectivity index (χ2v) is 11.0. The highest BCUT2D eigenvalue weighted by Gasteiger charge is 2.23. The molecule has 1 aromatic heterocycles. The molecule has 31 heavy (non-hydrogen) atoms. The molecule has 1 heterocycles. The number of non-ortho nitro benzene ring substituents is 1. The molecule has 2 aromatic carbocycles. The highest BCUT2D eigenvalue weighted by molar-refractivity contribution is 7.93. The molecular weight excluding hydrogens is 468 g/mol. The fourth-order valence-corrected chi connectivity index (χ4v) is 5.66. The average molecular weight is 483 g/mol.